The van der Waals surface area contributed by atoms with Crippen LogP contribution in [-0.4, -0.2) is 52.8 Å². The van der Waals surface area contributed by atoms with E-state index in [1.54, 1.807) is 0 Å². The molecule has 3 N–H and O–H groups in total. The number of ether oxygens (including phenoxy) is 2. The number of carbonyl (C=O) groups excluding carboxylic acids is 1. The predicted octanol–water partition coefficient (Wildman–Crippen LogP) is 7.73. The lowest BCUT2D eigenvalue weighted by Gasteiger charge is -2.56. The molecule has 1 saturated heterocycles. The van der Waals surface area contributed by atoms with E-state index in [1.807, 2.05) is 36.5 Å². The number of benzene rings is 3. The van der Waals surface area contributed by atoms with Gasteiger partial charge in [0.2, 0.25) is 0 Å². The van der Waals surface area contributed by atoms with Gasteiger partial charge in [0.15, 0.2) is 6.29 Å². The van der Waals surface area contributed by atoms with Crippen LogP contribution >= 0.6 is 0 Å². The second kappa shape index (κ2) is 15.5. The van der Waals surface area contributed by atoms with Crippen LogP contribution in [0.3, 0.4) is 0 Å². The van der Waals surface area contributed by atoms with Crippen molar-refractivity contribution in [2.45, 2.75) is 88.6 Å². The number of aliphatic hydroxyl groups is 1. The Kier molecular flexibility index (Phi) is 10.4. The van der Waals surface area contributed by atoms with Gasteiger partial charge in [-0.2, -0.15) is 0 Å². The quantitative estimate of drug-likeness (QED) is 0.140. The molecule has 52 heavy (non-hydrogen) atoms. The zero-order chi connectivity index (χ0) is 35.5. The molecule has 5 aliphatic rings. The molecule has 4 aliphatic carbocycles. The van der Waals surface area contributed by atoms with Crippen LogP contribution in [0.5, 0.6) is 0 Å². The molecule has 2 heterocycles. The molecule has 4 saturated carbocycles. The summed E-state index contributed by atoms with van der Waals surface area (Å²) in [5.41, 5.74) is 7.27. The monoisotopic (exact) mass is 700 g/mol. The topological polar surface area (TPSA) is 96.0 Å². The lowest BCUT2D eigenvalue weighted by Crippen LogP contribution is -2.61. The molecular weight excluding hydrogens is 649 g/mol. The van der Waals surface area contributed by atoms with E-state index in [-0.39, 0.29) is 30.4 Å². The molecular formula is C44H52N4O4. The number of nitrogens with zero attached hydrogens (tertiary/aromatic N) is 2. The SMILES string of the molecule is CN(CCc1ccccn1)C[C@@H]1C[C@H](c2ccc(CO)cc2)O[C@H](c2ccc(-c3ccccc3CNC(=O)NC34CC5CC(CC(C5)C3)C4)cc2)O1. The Morgan fingerprint density at radius 2 is 1.54 bits per heavy atom. The van der Waals surface area contributed by atoms with Gasteiger partial charge in [0.05, 0.1) is 18.8 Å². The van der Waals surface area contributed by atoms with E-state index in [1.165, 1.54) is 19.3 Å². The largest absolute Gasteiger partial charge is 0.392 e. The summed E-state index contributed by atoms with van der Waals surface area (Å²) >= 11 is 0. The van der Waals surface area contributed by atoms with Crippen molar-refractivity contribution in [2.24, 2.45) is 17.8 Å². The number of rotatable bonds is 12. The van der Waals surface area contributed by atoms with Crippen LogP contribution in [0.25, 0.3) is 11.1 Å². The van der Waals surface area contributed by atoms with Crippen molar-refractivity contribution in [1.29, 1.82) is 0 Å². The fraction of sp³-hybridized carbons (Fsp3) is 0.455. The Bertz CT molecular complexity index is 1760. The maximum absolute atomic E-state index is 13.3. The highest BCUT2D eigenvalue weighted by Crippen LogP contribution is 2.55. The summed E-state index contributed by atoms with van der Waals surface area (Å²) in [5.74, 6) is 2.37. The maximum Gasteiger partial charge on any atom is 0.315 e. The molecule has 0 spiro atoms. The van der Waals surface area contributed by atoms with Crippen LogP contribution in [0, 0.1) is 17.8 Å². The van der Waals surface area contributed by atoms with E-state index in [2.05, 4.69) is 88.2 Å². The molecule has 0 unspecified atom stereocenters. The minimum atomic E-state index is -0.523. The van der Waals surface area contributed by atoms with E-state index in [0.717, 1.165) is 102 Å². The van der Waals surface area contributed by atoms with Gasteiger partial charge in [-0.3, -0.25) is 4.98 Å². The molecule has 9 rings (SSSR count). The van der Waals surface area contributed by atoms with Gasteiger partial charge in [-0.25, -0.2) is 4.79 Å². The van der Waals surface area contributed by atoms with Crippen molar-refractivity contribution in [3.63, 3.8) is 0 Å². The minimum absolute atomic E-state index is 0.00655. The maximum atomic E-state index is 13.3. The highest BCUT2D eigenvalue weighted by Gasteiger charge is 2.51. The number of aromatic nitrogens is 1. The molecule has 3 aromatic carbocycles. The van der Waals surface area contributed by atoms with Crippen LogP contribution in [0.4, 0.5) is 4.79 Å². The standard InChI is InChI=1S/C44H52N4O4/c1-48(19-17-38-7-4-5-18-45-38)28-39-23-41(35-11-9-30(29-49)10-12-35)52-42(51-39)36-15-13-34(14-16-36)40-8-3-2-6-37(40)27-46-43(50)47-44-24-31-20-32(25-44)22-33(21-31)26-44/h2-16,18,31-33,39,41-42,49H,17,19-29H2,1H3,(H2,46,47,50)/t31?,32?,33?,39-,41+,42+,44?/m0/s1. The first-order valence-electron chi connectivity index (χ1n) is 19.2. The molecule has 4 bridgehead atoms. The normalized spacial score (nSPS) is 27.8. The van der Waals surface area contributed by atoms with Crippen LogP contribution in [-0.2, 0) is 29.0 Å². The Morgan fingerprint density at radius 3 is 2.23 bits per heavy atom. The fourth-order valence-electron chi connectivity index (χ4n) is 9.82. The van der Waals surface area contributed by atoms with Gasteiger partial charge in [0.25, 0.3) is 0 Å². The molecule has 0 radical (unpaired) electrons. The first-order chi connectivity index (χ1) is 25.4. The van der Waals surface area contributed by atoms with Crippen molar-refractivity contribution in [2.75, 3.05) is 20.1 Å². The third kappa shape index (κ3) is 8.11. The van der Waals surface area contributed by atoms with Gasteiger partial charge in [-0.1, -0.05) is 78.9 Å². The molecule has 3 atom stereocenters. The van der Waals surface area contributed by atoms with E-state index < -0.39 is 6.29 Å². The van der Waals surface area contributed by atoms with Crippen LogP contribution in [0.2, 0.25) is 0 Å². The van der Waals surface area contributed by atoms with Crippen molar-refractivity contribution < 1.29 is 19.4 Å². The fourth-order valence-corrected chi connectivity index (χ4v) is 9.82. The summed E-state index contributed by atoms with van der Waals surface area (Å²) in [6, 6.07) is 30.8. The summed E-state index contributed by atoms with van der Waals surface area (Å²) in [4.78, 5) is 20.1. The molecule has 8 nitrogen and oxygen atoms in total. The molecule has 8 heteroatoms. The predicted molar refractivity (Wildman–Crippen MR) is 202 cm³/mol. The average Bonchev–Trinajstić information content (AvgIpc) is 3.16. The average molecular weight is 701 g/mol. The van der Waals surface area contributed by atoms with Gasteiger partial charge in [0, 0.05) is 55.5 Å². The molecule has 4 aromatic rings. The van der Waals surface area contributed by atoms with Crippen LogP contribution < -0.4 is 10.6 Å². The van der Waals surface area contributed by atoms with Crippen LogP contribution in [0.15, 0.2) is 97.2 Å². The van der Waals surface area contributed by atoms with E-state index in [0.29, 0.717) is 6.54 Å². The third-order valence-electron chi connectivity index (χ3n) is 12.0. The number of carbonyl (C=O) groups is 1. The van der Waals surface area contributed by atoms with Crippen LogP contribution in [0.1, 0.15) is 85.3 Å². The second-order valence-electron chi connectivity index (χ2n) is 16.0. The van der Waals surface area contributed by atoms with E-state index in [4.69, 9.17) is 9.47 Å². The van der Waals surface area contributed by atoms with E-state index in [9.17, 15) is 9.90 Å². The van der Waals surface area contributed by atoms with Gasteiger partial charge in [-0.05, 0) is 103 Å². The number of hydrogen-bond donors (Lipinski definition) is 3. The Labute approximate surface area is 308 Å². The Morgan fingerprint density at radius 1 is 0.846 bits per heavy atom. The molecule has 2 amide bonds. The second-order valence-corrected chi connectivity index (χ2v) is 16.0. The summed E-state index contributed by atoms with van der Waals surface area (Å²) < 4.78 is 13.3. The van der Waals surface area contributed by atoms with E-state index >= 15 is 0 Å². The number of likely N-dealkylation sites (N-methyl/N-ethyl adjacent to an activating group) is 1. The molecule has 5 fully saturated rings. The summed E-state index contributed by atoms with van der Waals surface area (Å²) in [5, 5.41) is 16.3. The van der Waals surface area contributed by atoms with Gasteiger partial charge < -0.3 is 30.1 Å². The van der Waals surface area contributed by atoms with Crippen molar-refractivity contribution in [3.8, 4) is 11.1 Å². The Balaban J connectivity index is 0.935. The third-order valence-corrected chi connectivity index (χ3v) is 12.0. The number of pyridine rings is 1. The first-order valence-corrected chi connectivity index (χ1v) is 19.2. The van der Waals surface area contributed by atoms with Gasteiger partial charge in [0.1, 0.15) is 0 Å². The first kappa shape index (κ1) is 35.0. The lowest BCUT2D eigenvalue weighted by atomic mass is 9.53. The highest BCUT2D eigenvalue weighted by molar-refractivity contribution is 5.76. The zero-order valence-corrected chi connectivity index (χ0v) is 30.3. The zero-order valence-electron chi connectivity index (χ0n) is 30.3. The van der Waals surface area contributed by atoms with Gasteiger partial charge in [-0.15, -0.1) is 0 Å². The highest BCUT2D eigenvalue weighted by atomic mass is 16.7. The molecule has 272 valence electrons. The molecule has 1 aromatic heterocycles. The molecule has 1 aliphatic heterocycles. The van der Waals surface area contributed by atoms with Crippen molar-refractivity contribution in [1.82, 2.24) is 20.5 Å². The summed E-state index contributed by atoms with van der Waals surface area (Å²) in [7, 11) is 2.13. The number of hydrogen-bond acceptors (Lipinski definition) is 6. The number of nitrogens with one attached hydrogen (secondary N) is 2. The van der Waals surface area contributed by atoms with Gasteiger partial charge >= 0.3 is 6.03 Å². The van der Waals surface area contributed by atoms with Crippen molar-refractivity contribution in [3.05, 3.63) is 125 Å². The lowest BCUT2D eigenvalue weighted by molar-refractivity contribution is -0.252. The summed E-state index contributed by atoms with van der Waals surface area (Å²) in [6.07, 6.45) is 10.3. The summed E-state index contributed by atoms with van der Waals surface area (Å²) in [6.45, 7) is 2.14. The number of aliphatic hydroxyl groups excluding tert-OH is 1. The smallest absolute Gasteiger partial charge is 0.315 e. The number of urea groups is 1. The number of amides is 2. The van der Waals surface area contributed by atoms with Crippen molar-refractivity contribution >= 4 is 6.03 Å². The Hall–Kier alpha value is -4.08. The minimum Gasteiger partial charge on any atom is -0.392 e.